The van der Waals surface area contributed by atoms with Gasteiger partial charge in [-0.1, -0.05) is 56.0 Å². The Hall–Kier alpha value is -3.63. The van der Waals surface area contributed by atoms with Crippen molar-refractivity contribution in [2.45, 2.75) is 43.8 Å². The summed E-state index contributed by atoms with van der Waals surface area (Å²) < 4.78 is 18.1. The van der Waals surface area contributed by atoms with Crippen molar-refractivity contribution in [3.63, 3.8) is 0 Å². The number of carbonyl (C=O) groups is 2. The van der Waals surface area contributed by atoms with Crippen LogP contribution in [0.2, 0.25) is 0 Å². The summed E-state index contributed by atoms with van der Waals surface area (Å²) in [7, 11) is 0. The fourth-order valence-corrected chi connectivity index (χ4v) is 5.44. The van der Waals surface area contributed by atoms with Crippen LogP contribution in [0, 0.1) is 5.92 Å². The second-order valence-corrected chi connectivity index (χ2v) is 10.6. The van der Waals surface area contributed by atoms with Crippen molar-refractivity contribution in [1.29, 1.82) is 0 Å². The predicted octanol–water partition coefficient (Wildman–Crippen LogP) is 6.46. The third kappa shape index (κ3) is 7.95. The minimum atomic E-state index is -0.669. The molecule has 3 aromatic carbocycles. The van der Waals surface area contributed by atoms with Gasteiger partial charge in [0.1, 0.15) is 6.61 Å². The average molecular weight is 563 g/mol. The second kappa shape index (κ2) is 14.1. The van der Waals surface area contributed by atoms with E-state index in [4.69, 9.17) is 14.2 Å². The largest absolute Gasteiger partial charge is 0.445 e. The van der Waals surface area contributed by atoms with Gasteiger partial charge in [0.25, 0.3) is 0 Å². The second-order valence-electron chi connectivity index (χ2n) is 9.48. The Kier molecular flexibility index (Phi) is 10.4. The molecule has 3 aromatic rings. The summed E-state index contributed by atoms with van der Waals surface area (Å²) in [5.74, 6) is 0.594. The normalized spacial score (nSPS) is 20.4. The van der Waals surface area contributed by atoms with Gasteiger partial charge in [-0.25, -0.2) is 4.79 Å². The first kappa shape index (κ1) is 29.4. The van der Waals surface area contributed by atoms with Crippen molar-refractivity contribution in [3.05, 3.63) is 102 Å². The number of anilines is 2. The number of nitrogens with one attached hydrogen (secondary N) is 2. The van der Waals surface area contributed by atoms with E-state index in [1.165, 1.54) is 13.0 Å². The molecule has 2 amide bonds. The van der Waals surface area contributed by atoms with E-state index in [0.717, 1.165) is 27.3 Å². The molecule has 1 aliphatic rings. The molecule has 1 fully saturated rings. The highest BCUT2D eigenvalue weighted by Gasteiger charge is 2.38. The molecule has 0 aromatic heterocycles. The summed E-state index contributed by atoms with van der Waals surface area (Å²) in [6.45, 7) is 7.23. The first-order valence-corrected chi connectivity index (χ1v) is 14.0. The molecule has 4 atom stereocenters. The first-order chi connectivity index (χ1) is 19.4. The number of aliphatic hydroxyl groups is 1. The number of hydrogen-bond acceptors (Lipinski definition) is 7. The molecule has 0 bridgehead atoms. The van der Waals surface area contributed by atoms with Crippen LogP contribution in [0.25, 0.3) is 0 Å². The maximum Gasteiger partial charge on any atom is 0.411 e. The van der Waals surface area contributed by atoms with E-state index < -0.39 is 12.4 Å². The molecule has 0 radical (unpaired) electrons. The molecule has 1 heterocycles. The molecular weight excluding hydrogens is 528 g/mol. The lowest BCUT2D eigenvalue weighted by Gasteiger charge is -2.41. The summed E-state index contributed by atoms with van der Waals surface area (Å²) in [6, 6.07) is 22.8. The molecule has 9 heteroatoms. The van der Waals surface area contributed by atoms with Crippen molar-refractivity contribution in [2.24, 2.45) is 5.92 Å². The molecule has 40 heavy (non-hydrogen) atoms. The third-order valence-corrected chi connectivity index (χ3v) is 7.55. The van der Waals surface area contributed by atoms with E-state index in [-0.39, 0.29) is 37.2 Å². The molecule has 0 spiro atoms. The molecule has 4 rings (SSSR count). The van der Waals surface area contributed by atoms with Crippen molar-refractivity contribution >= 4 is 35.1 Å². The van der Waals surface area contributed by atoms with Gasteiger partial charge in [0.05, 0.1) is 18.8 Å². The lowest BCUT2D eigenvalue weighted by molar-refractivity contribution is -0.268. The highest BCUT2D eigenvalue weighted by Crippen LogP contribution is 2.43. The number of benzene rings is 3. The van der Waals surface area contributed by atoms with Crippen LogP contribution in [0.3, 0.4) is 0 Å². The maximum atomic E-state index is 12.1. The van der Waals surface area contributed by atoms with Gasteiger partial charge < -0.3 is 24.6 Å². The van der Waals surface area contributed by atoms with E-state index >= 15 is 0 Å². The lowest BCUT2D eigenvalue weighted by atomic mass is 9.91. The summed E-state index contributed by atoms with van der Waals surface area (Å²) in [5, 5.41) is 15.0. The Morgan fingerprint density at radius 3 is 2.42 bits per heavy atom. The molecule has 0 aliphatic carbocycles. The van der Waals surface area contributed by atoms with E-state index in [1.54, 1.807) is 17.8 Å². The Balaban J connectivity index is 1.54. The Morgan fingerprint density at radius 1 is 1.00 bits per heavy atom. The topological polar surface area (TPSA) is 106 Å². The zero-order valence-corrected chi connectivity index (χ0v) is 23.4. The number of ether oxygens (including phenoxy) is 3. The van der Waals surface area contributed by atoms with Crippen LogP contribution in [0.15, 0.2) is 90.3 Å². The van der Waals surface area contributed by atoms with Crippen molar-refractivity contribution in [1.82, 2.24) is 0 Å². The highest BCUT2D eigenvalue weighted by atomic mass is 32.2. The zero-order valence-electron chi connectivity index (χ0n) is 22.5. The van der Waals surface area contributed by atoms with Crippen molar-refractivity contribution in [3.8, 4) is 0 Å². The minimum Gasteiger partial charge on any atom is -0.445 e. The van der Waals surface area contributed by atoms with E-state index in [1.807, 2.05) is 66.7 Å². The molecule has 3 N–H and O–H groups in total. The van der Waals surface area contributed by atoms with Crippen LogP contribution in [0.1, 0.15) is 42.9 Å². The monoisotopic (exact) mass is 562 g/mol. The number of amides is 2. The summed E-state index contributed by atoms with van der Waals surface area (Å²) in [6.07, 6.45) is -0.151. The number of thioether (sulfide) groups is 1. The molecule has 0 saturated carbocycles. The van der Waals surface area contributed by atoms with Crippen LogP contribution in [0.4, 0.5) is 16.2 Å². The van der Waals surface area contributed by atoms with Gasteiger partial charge in [-0.2, -0.15) is 0 Å². The van der Waals surface area contributed by atoms with Crippen LogP contribution in [0.5, 0.6) is 0 Å². The van der Waals surface area contributed by atoms with Gasteiger partial charge in [0.15, 0.2) is 6.29 Å². The summed E-state index contributed by atoms with van der Waals surface area (Å²) in [5.41, 5.74) is 3.90. The van der Waals surface area contributed by atoms with Crippen LogP contribution in [-0.2, 0) is 25.6 Å². The third-order valence-electron chi connectivity index (χ3n) is 6.45. The Labute approximate surface area is 238 Å². The molecule has 1 saturated heterocycles. The average Bonchev–Trinajstić information content (AvgIpc) is 2.96. The molecular formula is C31H34N2O6S. The van der Waals surface area contributed by atoms with Gasteiger partial charge >= 0.3 is 6.09 Å². The maximum absolute atomic E-state index is 12.1. The number of rotatable bonds is 10. The Morgan fingerprint density at radius 2 is 1.75 bits per heavy atom. The van der Waals surface area contributed by atoms with Crippen LogP contribution in [-0.4, -0.2) is 35.6 Å². The predicted molar refractivity (Wildman–Crippen MR) is 156 cm³/mol. The SMILES string of the molecule is C=CCOC(=O)Nc1cccc(C2OC(CSc3ccc(NC(C)=O)cc3)C(C)C(c3ccc(CO)cc3)O2)c1. The number of aliphatic hydroxyl groups excluding tert-OH is 1. The Bertz CT molecular complexity index is 1300. The van der Waals surface area contributed by atoms with E-state index in [2.05, 4.69) is 24.1 Å². The zero-order chi connectivity index (χ0) is 28.5. The van der Waals surface area contributed by atoms with Crippen LogP contribution < -0.4 is 10.6 Å². The van der Waals surface area contributed by atoms with Crippen LogP contribution >= 0.6 is 11.8 Å². The van der Waals surface area contributed by atoms with E-state index in [9.17, 15) is 14.7 Å². The molecule has 1 aliphatic heterocycles. The standard InChI is InChI=1S/C31H34N2O6S/c1-4-16-37-31(36)33-26-7-5-6-24(17-26)30-38-28(19-40-27-14-12-25(13-15-27)32-21(3)35)20(2)29(39-30)23-10-8-22(18-34)9-11-23/h4-15,17,20,28-30,34H,1,16,18-19H2,2-3H3,(H,32,35)(H,33,36). The van der Waals surface area contributed by atoms with Crippen molar-refractivity contribution < 1.29 is 28.9 Å². The molecule has 8 nitrogen and oxygen atoms in total. The molecule has 4 unspecified atom stereocenters. The van der Waals surface area contributed by atoms with E-state index in [0.29, 0.717) is 11.4 Å². The first-order valence-electron chi connectivity index (χ1n) is 13.0. The highest BCUT2D eigenvalue weighted by molar-refractivity contribution is 7.99. The van der Waals surface area contributed by atoms with Gasteiger partial charge in [-0.15, -0.1) is 11.8 Å². The smallest absolute Gasteiger partial charge is 0.411 e. The lowest BCUT2D eigenvalue weighted by Crippen LogP contribution is -2.38. The van der Waals surface area contributed by atoms with Gasteiger partial charge in [0.2, 0.25) is 5.91 Å². The van der Waals surface area contributed by atoms with Gasteiger partial charge in [-0.3, -0.25) is 10.1 Å². The minimum absolute atomic E-state index is 0.0255. The number of carbonyl (C=O) groups excluding carboxylic acids is 2. The van der Waals surface area contributed by atoms with Crippen molar-refractivity contribution in [2.75, 3.05) is 23.0 Å². The van der Waals surface area contributed by atoms with Gasteiger partial charge in [-0.05, 0) is 47.5 Å². The summed E-state index contributed by atoms with van der Waals surface area (Å²) >= 11 is 1.67. The summed E-state index contributed by atoms with van der Waals surface area (Å²) in [4.78, 5) is 24.4. The fourth-order valence-electron chi connectivity index (χ4n) is 4.38. The molecule has 210 valence electrons. The quantitative estimate of drug-likeness (QED) is 0.192. The number of hydrogen-bond donors (Lipinski definition) is 3. The van der Waals surface area contributed by atoms with Gasteiger partial charge in [0, 0.05) is 40.4 Å². The fraction of sp³-hybridized carbons (Fsp3) is 0.290.